The van der Waals surface area contributed by atoms with Crippen molar-refractivity contribution in [2.45, 2.75) is 13.2 Å². The lowest BCUT2D eigenvalue weighted by atomic mass is 10.2. The van der Waals surface area contributed by atoms with Gasteiger partial charge in [0.15, 0.2) is 0 Å². The molecule has 2 amide bonds. The highest BCUT2D eigenvalue weighted by atomic mass is 35.5. The average Bonchev–Trinajstić information content (AvgIpc) is 2.51. The number of amides is 2. The molecule has 0 unspecified atom stereocenters. The number of urea groups is 1. The molecule has 0 atom stereocenters. The van der Waals surface area contributed by atoms with Crippen molar-refractivity contribution in [3.05, 3.63) is 54.1 Å². The van der Waals surface area contributed by atoms with Crippen molar-refractivity contribution in [2.24, 2.45) is 0 Å². The maximum atomic E-state index is 12.0. The molecule has 0 bridgehead atoms. The molecular weight excluding hydrogens is 330 g/mol. The summed E-state index contributed by atoms with van der Waals surface area (Å²) in [5, 5.41) is 5.20. The van der Waals surface area contributed by atoms with Gasteiger partial charge >= 0.3 is 12.6 Å². The van der Waals surface area contributed by atoms with E-state index in [0.717, 1.165) is 5.56 Å². The fraction of sp³-hybridized carbons (Fsp3) is 0.133. The number of hydrogen-bond donors (Lipinski definition) is 2. The topological polar surface area (TPSA) is 59.6 Å². The van der Waals surface area contributed by atoms with Crippen LogP contribution in [0.2, 0.25) is 0 Å². The minimum absolute atomic E-state index is 0.0167. The zero-order valence-corrected chi connectivity index (χ0v) is 12.5. The molecule has 8 heteroatoms. The summed E-state index contributed by atoms with van der Waals surface area (Å²) in [7, 11) is 0. The van der Waals surface area contributed by atoms with Gasteiger partial charge in [0.05, 0.1) is 18.5 Å². The molecule has 2 N–H and O–H groups in total. The molecule has 0 radical (unpaired) electrons. The highest BCUT2D eigenvalue weighted by molar-refractivity contribution is 6.07. The van der Waals surface area contributed by atoms with E-state index in [0.29, 0.717) is 11.4 Å². The molecule has 5 nitrogen and oxygen atoms in total. The second-order valence-electron chi connectivity index (χ2n) is 4.43. The number of anilines is 2. The Morgan fingerprint density at radius 3 is 2.00 bits per heavy atom. The third kappa shape index (κ3) is 5.72. The molecule has 2 aromatic rings. The molecule has 122 valence electrons. The number of rotatable bonds is 6. The minimum Gasteiger partial charge on any atom is -0.435 e. The Bertz CT molecular complexity index is 636. The molecule has 0 heterocycles. The number of alkyl halides is 2. The lowest BCUT2D eigenvalue weighted by Crippen LogP contribution is -2.19. The second-order valence-corrected chi connectivity index (χ2v) is 4.65. The first-order chi connectivity index (χ1) is 11.1. The van der Waals surface area contributed by atoms with E-state index in [4.69, 9.17) is 11.9 Å². The van der Waals surface area contributed by atoms with Crippen molar-refractivity contribution in [3.8, 4) is 5.75 Å². The molecule has 0 aliphatic heterocycles. The number of ether oxygens (including phenoxy) is 1. The number of nitrogens with one attached hydrogen (secondary N) is 2. The predicted molar refractivity (Wildman–Crippen MR) is 82.8 cm³/mol. The Morgan fingerprint density at radius 2 is 1.52 bits per heavy atom. The summed E-state index contributed by atoms with van der Waals surface area (Å²) in [5.74, 6) is 0.0167. The molecule has 0 aliphatic carbocycles. The number of benzene rings is 2. The second kappa shape index (κ2) is 8.30. The third-order valence-corrected chi connectivity index (χ3v) is 2.88. The minimum atomic E-state index is -2.88. The van der Waals surface area contributed by atoms with Crippen molar-refractivity contribution in [1.29, 1.82) is 0 Å². The summed E-state index contributed by atoms with van der Waals surface area (Å²) in [4.78, 5) is 11.8. The maximum absolute atomic E-state index is 12.0. The van der Waals surface area contributed by atoms with Gasteiger partial charge in [0.1, 0.15) is 5.75 Å². The maximum Gasteiger partial charge on any atom is 0.387 e. The van der Waals surface area contributed by atoms with Crippen LogP contribution in [0.25, 0.3) is 0 Å². The predicted octanol–water partition coefficient (Wildman–Crippen LogP) is 4.60. The highest BCUT2D eigenvalue weighted by Crippen LogP contribution is 2.18. The van der Waals surface area contributed by atoms with Gasteiger partial charge in [-0.1, -0.05) is 12.1 Å². The van der Waals surface area contributed by atoms with Crippen LogP contribution in [-0.4, -0.2) is 12.6 Å². The molecular formula is C15H13ClF2N2O3. The van der Waals surface area contributed by atoms with Crippen LogP contribution < -0.4 is 15.4 Å². The fourth-order valence-electron chi connectivity index (χ4n) is 1.76. The largest absolute Gasteiger partial charge is 0.435 e. The zero-order valence-electron chi connectivity index (χ0n) is 11.8. The van der Waals surface area contributed by atoms with E-state index in [2.05, 4.69) is 19.7 Å². The Morgan fingerprint density at radius 1 is 1.00 bits per heavy atom. The van der Waals surface area contributed by atoms with Gasteiger partial charge in [-0.3, -0.25) is 4.29 Å². The van der Waals surface area contributed by atoms with Gasteiger partial charge in [0.25, 0.3) is 0 Å². The van der Waals surface area contributed by atoms with Crippen molar-refractivity contribution in [2.75, 3.05) is 10.6 Å². The summed E-state index contributed by atoms with van der Waals surface area (Å²) in [5.41, 5.74) is 1.88. The lowest BCUT2D eigenvalue weighted by molar-refractivity contribution is -0.0498. The van der Waals surface area contributed by atoms with Crippen LogP contribution in [0.3, 0.4) is 0 Å². The van der Waals surface area contributed by atoms with E-state index in [-0.39, 0.29) is 12.4 Å². The highest BCUT2D eigenvalue weighted by Gasteiger charge is 2.06. The molecule has 0 spiro atoms. The van der Waals surface area contributed by atoms with Crippen LogP contribution in [0, 0.1) is 0 Å². The molecule has 0 saturated heterocycles. The lowest BCUT2D eigenvalue weighted by Gasteiger charge is -2.09. The van der Waals surface area contributed by atoms with Crippen molar-refractivity contribution >= 4 is 29.3 Å². The number of hydrogen-bond acceptors (Lipinski definition) is 3. The van der Waals surface area contributed by atoms with Gasteiger partial charge in [-0.2, -0.15) is 8.78 Å². The molecule has 2 rings (SSSR count). The van der Waals surface area contributed by atoms with Crippen molar-refractivity contribution < 1.29 is 22.6 Å². The first kappa shape index (κ1) is 17.0. The van der Waals surface area contributed by atoms with Crippen LogP contribution in [0.5, 0.6) is 5.75 Å². The molecule has 23 heavy (non-hydrogen) atoms. The average molecular weight is 343 g/mol. The normalized spacial score (nSPS) is 10.4. The van der Waals surface area contributed by atoms with E-state index in [1.165, 1.54) is 24.3 Å². The van der Waals surface area contributed by atoms with E-state index in [1.807, 2.05) is 0 Å². The Hall–Kier alpha value is -2.38. The number of halogens is 3. The van der Waals surface area contributed by atoms with Gasteiger partial charge in [0, 0.05) is 11.4 Å². The summed E-state index contributed by atoms with van der Waals surface area (Å²) < 4.78 is 32.8. The van der Waals surface area contributed by atoms with E-state index >= 15 is 0 Å². The van der Waals surface area contributed by atoms with Crippen LogP contribution in [0.15, 0.2) is 48.5 Å². The quantitative estimate of drug-likeness (QED) is 0.806. The van der Waals surface area contributed by atoms with Crippen LogP contribution >= 0.6 is 11.9 Å². The Labute approximate surface area is 136 Å². The van der Waals surface area contributed by atoms with Crippen LogP contribution in [0.4, 0.5) is 25.0 Å². The van der Waals surface area contributed by atoms with E-state index in [1.54, 1.807) is 24.3 Å². The van der Waals surface area contributed by atoms with Gasteiger partial charge in [-0.15, -0.1) is 0 Å². The first-order valence-electron chi connectivity index (χ1n) is 6.52. The van der Waals surface area contributed by atoms with E-state index in [9.17, 15) is 13.6 Å². The summed E-state index contributed by atoms with van der Waals surface area (Å²) in [6.07, 6.45) is 0. The monoisotopic (exact) mass is 342 g/mol. The summed E-state index contributed by atoms with van der Waals surface area (Å²) in [6, 6.07) is 12.0. The van der Waals surface area contributed by atoms with Crippen molar-refractivity contribution in [3.63, 3.8) is 0 Å². The van der Waals surface area contributed by atoms with Gasteiger partial charge in [-0.05, 0) is 42.0 Å². The molecule has 2 aromatic carbocycles. The van der Waals surface area contributed by atoms with Gasteiger partial charge in [0.2, 0.25) is 0 Å². The SMILES string of the molecule is O=C(Nc1ccc(COCl)cc1)Nc1ccc(OC(F)F)cc1. The number of carbonyl (C=O) groups excluding carboxylic acids is 1. The molecule has 0 fully saturated rings. The summed E-state index contributed by atoms with van der Waals surface area (Å²) in [6.45, 7) is -2.62. The van der Waals surface area contributed by atoms with Crippen molar-refractivity contribution in [1.82, 2.24) is 0 Å². The molecule has 0 aromatic heterocycles. The third-order valence-electron chi connectivity index (χ3n) is 2.77. The zero-order chi connectivity index (χ0) is 16.7. The Balaban J connectivity index is 1.88. The summed E-state index contributed by atoms with van der Waals surface area (Å²) >= 11 is 5.16. The van der Waals surface area contributed by atoms with Gasteiger partial charge < -0.3 is 15.4 Å². The molecule has 0 saturated carbocycles. The smallest absolute Gasteiger partial charge is 0.387 e. The standard InChI is InChI=1S/C15H13ClF2N2O3/c16-22-9-10-1-3-11(4-2-10)19-15(21)20-12-5-7-13(8-6-12)23-14(17)18/h1-8,14H,9H2,(H2,19,20,21). The van der Waals surface area contributed by atoms with E-state index < -0.39 is 12.6 Å². The van der Waals surface area contributed by atoms with Crippen LogP contribution in [0.1, 0.15) is 5.56 Å². The number of carbonyl (C=O) groups is 1. The Kier molecular flexibility index (Phi) is 6.13. The fourth-order valence-corrected chi connectivity index (χ4v) is 1.89. The van der Waals surface area contributed by atoms with Crippen LogP contribution in [-0.2, 0) is 10.9 Å². The van der Waals surface area contributed by atoms with Gasteiger partial charge in [-0.25, -0.2) is 4.79 Å². The first-order valence-corrected chi connectivity index (χ1v) is 6.83. The molecule has 0 aliphatic rings.